The molecular formula is C14H18N2O3S. The Morgan fingerprint density at radius 2 is 1.95 bits per heavy atom. The molecule has 0 amide bonds. The number of rotatable bonds is 6. The predicted molar refractivity (Wildman–Crippen MR) is 77.1 cm³/mol. The summed E-state index contributed by atoms with van der Waals surface area (Å²) in [4.78, 5) is 0. The van der Waals surface area contributed by atoms with E-state index in [1.165, 1.54) is 10.6 Å². The number of hydrogen-bond acceptors (Lipinski definition) is 4. The summed E-state index contributed by atoms with van der Waals surface area (Å²) in [6.07, 6.45) is 3.07. The summed E-state index contributed by atoms with van der Waals surface area (Å²) >= 11 is 0. The van der Waals surface area contributed by atoms with E-state index < -0.39 is 10.0 Å². The maximum Gasteiger partial charge on any atom is 0.218 e. The third kappa shape index (κ3) is 3.69. The maximum atomic E-state index is 12.3. The van der Waals surface area contributed by atoms with E-state index in [4.69, 9.17) is 10.2 Å². The molecule has 6 heteroatoms. The summed E-state index contributed by atoms with van der Waals surface area (Å²) in [6, 6.07) is 9.07. The summed E-state index contributed by atoms with van der Waals surface area (Å²) in [5.74, 6) is -0.0325. The fraction of sp³-hybridized carbons (Fsp3) is 0.286. The Morgan fingerprint density at radius 3 is 2.60 bits per heavy atom. The molecule has 0 fully saturated rings. The number of sulfonamides is 1. The largest absolute Gasteiger partial charge is 0.472 e. The summed E-state index contributed by atoms with van der Waals surface area (Å²) in [6.45, 7) is 0.703. The molecule has 1 heterocycles. The van der Waals surface area contributed by atoms with Crippen LogP contribution in [0.4, 0.5) is 0 Å². The van der Waals surface area contributed by atoms with Gasteiger partial charge in [0.1, 0.15) is 0 Å². The third-order valence-corrected chi connectivity index (χ3v) is 4.81. The van der Waals surface area contributed by atoms with Gasteiger partial charge in [-0.2, -0.15) is 0 Å². The molecule has 0 aliphatic rings. The highest BCUT2D eigenvalue weighted by atomic mass is 32.2. The zero-order valence-electron chi connectivity index (χ0n) is 11.3. The number of hydrogen-bond donors (Lipinski definition) is 1. The molecule has 0 saturated carbocycles. The molecule has 1 aromatic carbocycles. The van der Waals surface area contributed by atoms with Gasteiger partial charge < -0.3 is 10.2 Å². The van der Waals surface area contributed by atoms with Crippen molar-refractivity contribution < 1.29 is 12.8 Å². The number of nitrogens with two attached hydrogens (primary N) is 1. The summed E-state index contributed by atoms with van der Waals surface area (Å²) < 4.78 is 30.8. The van der Waals surface area contributed by atoms with Crippen molar-refractivity contribution >= 4 is 10.0 Å². The van der Waals surface area contributed by atoms with E-state index in [9.17, 15) is 8.42 Å². The van der Waals surface area contributed by atoms with Gasteiger partial charge in [0, 0.05) is 25.7 Å². The van der Waals surface area contributed by atoms with Crippen molar-refractivity contribution in [1.82, 2.24) is 4.31 Å². The number of benzene rings is 1. The normalized spacial score (nSPS) is 11.9. The molecule has 2 aromatic rings. The fourth-order valence-corrected chi connectivity index (χ4v) is 3.07. The average molecular weight is 294 g/mol. The minimum absolute atomic E-state index is 0.0325. The molecule has 0 bridgehead atoms. The van der Waals surface area contributed by atoms with Crippen LogP contribution >= 0.6 is 0 Å². The van der Waals surface area contributed by atoms with Crippen LogP contribution in [0.3, 0.4) is 0 Å². The minimum atomic E-state index is -3.36. The van der Waals surface area contributed by atoms with Gasteiger partial charge in [-0.15, -0.1) is 0 Å². The van der Waals surface area contributed by atoms with Gasteiger partial charge in [-0.25, -0.2) is 12.7 Å². The van der Waals surface area contributed by atoms with Gasteiger partial charge in [-0.05, 0) is 17.2 Å². The highest BCUT2D eigenvalue weighted by Gasteiger charge is 2.19. The zero-order valence-corrected chi connectivity index (χ0v) is 12.1. The number of nitrogens with zero attached hydrogens (tertiary/aromatic N) is 1. The van der Waals surface area contributed by atoms with Crippen LogP contribution in [-0.4, -0.2) is 19.8 Å². The molecule has 108 valence electrons. The Labute approximate surface area is 119 Å². The van der Waals surface area contributed by atoms with Crippen molar-refractivity contribution in [3.8, 4) is 0 Å². The second-order valence-electron chi connectivity index (χ2n) is 4.67. The second-order valence-corrected chi connectivity index (χ2v) is 6.74. The molecular weight excluding hydrogens is 276 g/mol. The SMILES string of the molecule is CN(Cc1ccoc1)S(=O)(=O)Cc1cccc(CN)c1. The molecule has 2 N–H and O–H groups in total. The van der Waals surface area contributed by atoms with Crippen LogP contribution in [0.2, 0.25) is 0 Å². The topological polar surface area (TPSA) is 76.5 Å². The predicted octanol–water partition coefficient (Wildman–Crippen LogP) is 1.70. The Hall–Kier alpha value is -1.63. The summed E-state index contributed by atoms with van der Waals surface area (Å²) in [5, 5.41) is 0. The molecule has 1 aromatic heterocycles. The highest BCUT2D eigenvalue weighted by Crippen LogP contribution is 2.14. The summed E-state index contributed by atoms with van der Waals surface area (Å²) in [5.41, 5.74) is 8.06. The first-order valence-corrected chi connectivity index (χ1v) is 7.85. The van der Waals surface area contributed by atoms with Crippen molar-refractivity contribution in [2.45, 2.75) is 18.8 Å². The van der Waals surface area contributed by atoms with E-state index >= 15 is 0 Å². The van der Waals surface area contributed by atoms with Crippen LogP contribution in [-0.2, 0) is 28.9 Å². The number of furan rings is 1. The lowest BCUT2D eigenvalue weighted by Gasteiger charge is -2.16. The van der Waals surface area contributed by atoms with Crippen LogP contribution in [0.15, 0.2) is 47.3 Å². The summed E-state index contributed by atoms with van der Waals surface area (Å²) in [7, 11) is -1.80. The molecule has 0 atom stereocenters. The molecule has 20 heavy (non-hydrogen) atoms. The van der Waals surface area contributed by atoms with Gasteiger partial charge in [0.25, 0.3) is 0 Å². The first-order chi connectivity index (χ1) is 9.51. The van der Waals surface area contributed by atoms with Crippen LogP contribution in [0.25, 0.3) is 0 Å². The lowest BCUT2D eigenvalue weighted by molar-refractivity contribution is 0.462. The van der Waals surface area contributed by atoms with E-state index in [0.29, 0.717) is 13.1 Å². The molecule has 0 radical (unpaired) electrons. The molecule has 0 aliphatic heterocycles. The molecule has 5 nitrogen and oxygen atoms in total. The van der Waals surface area contributed by atoms with Crippen LogP contribution in [0.1, 0.15) is 16.7 Å². The van der Waals surface area contributed by atoms with Gasteiger partial charge in [-0.1, -0.05) is 24.3 Å². The highest BCUT2D eigenvalue weighted by molar-refractivity contribution is 7.88. The van der Waals surface area contributed by atoms with Gasteiger partial charge in [0.05, 0.1) is 18.3 Å². The standard InChI is InChI=1S/C14H18N2O3S/c1-16(9-14-5-6-19-10-14)20(17,18)11-13-4-2-3-12(7-13)8-15/h2-7,10H,8-9,11,15H2,1H3. The van der Waals surface area contributed by atoms with E-state index in [0.717, 1.165) is 16.7 Å². The molecule has 0 aliphatic carbocycles. The van der Waals surface area contributed by atoms with Gasteiger partial charge in [-0.3, -0.25) is 0 Å². The van der Waals surface area contributed by atoms with Crippen molar-refractivity contribution in [1.29, 1.82) is 0 Å². The van der Waals surface area contributed by atoms with Crippen LogP contribution in [0.5, 0.6) is 0 Å². The van der Waals surface area contributed by atoms with Crippen LogP contribution < -0.4 is 5.73 Å². The molecule has 0 saturated heterocycles. The third-order valence-electron chi connectivity index (χ3n) is 3.04. The zero-order chi connectivity index (χ0) is 14.6. The van der Waals surface area contributed by atoms with E-state index in [-0.39, 0.29) is 5.75 Å². The van der Waals surface area contributed by atoms with E-state index in [2.05, 4.69) is 0 Å². The molecule has 0 unspecified atom stereocenters. The first-order valence-electron chi connectivity index (χ1n) is 6.24. The maximum absolute atomic E-state index is 12.3. The Balaban J connectivity index is 2.09. The van der Waals surface area contributed by atoms with Gasteiger partial charge in [0.15, 0.2) is 0 Å². The van der Waals surface area contributed by atoms with Gasteiger partial charge in [0.2, 0.25) is 10.0 Å². The molecule has 0 spiro atoms. The minimum Gasteiger partial charge on any atom is -0.472 e. The van der Waals surface area contributed by atoms with E-state index in [1.54, 1.807) is 25.4 Å². The first kappa shape index (κ1) is 14.8. The van der Waals surface area contributed by atoms with Crippen molar-refractivity contribution in [2.24, 2.45) is 5.73 Å². The van der Waals surface area contributed by atoms with Crippen LogP contribution in [0, 0.1) is 0 Å². The van der Waals surface area contributed by atoms with Crippen molar-refractivity contribution in [3.05, 3.63) is 59.5 Å². The Kier molecular flexibility index (Phi) is 4.59. The van der Waals surface area contributed by atoms with Gasteiger partial charge >= 0.3 is 0 Å². The Morgan fingerprint density at radius 1 is 1.20 bits per heavy atom. The Bertz CT molecular complexity index is 651. The van der Waals surface area contributed by atoms with Crippen molar-refractivity contribution in [3.63, 3.8) is 0 Å². The average Bonchev–Trinajstić information content (AvgIpc) is 2.91. The van der Waals surface area contributed by atoms with Crippen molar-refractivity contribution in [2.75, 3.05) is 7.05 Å². The fourth-order valence-electron chi connectivity index (χ4n) is 1.91. The lowest BCUT2D eigenvalue weighted by atomic mass is 10.1. The smallest absolute Gasteiger partial charge is 0.218 e. The quantitative estimate of drug-likeness (QED) is 0.879. The van der Waals surface area contributed by atoms with E-state index in [1.807, 2.05) is 18.2 Å². The lowest BCUT2D eigenvalue weighted by Crippen LogP contribution is -2.27. The second kappa shape index (κ2) is 6.21. The monoisotopic (exact) mass is 294 g/mol. The molecule has 2 rings (SSSR count).